The molecule has 31 heavy (non-hydrogen) atoms. The molecule has 1 N–H and O–H groups in total. The van der Waals surface area contributed by atoms with E-state index in [0.717, 1.165) is 37.6 Å². The first-order valence-corrected chi connectivity index (χ1v) is 11.7. The largest absolute Gasteiger partial charge is 0.319 e. The summed E-state index contributed by atoms with van der Waals surface area (Å²) in [6, 6.07) is 9.24. The van der Waals surface area contributed by atoms with E-state index in [1.807, 2.05) is 13.1 Å². The lowest BCUT2D eigenvalue weighted by molar-refractivity contribution is 0.102. The molecule has 0 unspecified atom stereocenters. The van der Waals surface area contributed by atoms with Crippen LogP contribution in [0.5, 0.6) is 0 Å². The zero-order valence-corrected chi connectivity index (χ0v) is 19.1. The minimum Gasteiger partial charge on any atom is -0.319 e. The molecular weight excluding hydrogens is 417 g/mol. The van der Waals surface area contributed by atoms with Crippen molar-refractivity contribution in [1.29, 1.82) is 0 Å². The summed E-state index contributed by atoms with van der Waals surface area (Å²) in [6.07, 6.45) is 1.69. The summed E-state index contributed by atoms with van der Waals surface area (Å²) >= 11 is 0. The SMILES string of the molecule is C/C(=N/S(=O)(=O)c1cc(F)c(NC(=O)c2ccccc2C)cc1C)C1CCN(C)CC1. The third-order valence-electron chi connectivity index (χ3n) is 5.75. The molecule has 1 fully saturated rings. The Balaban J connectivity index is 1.84. The maximum Gasteiger partial charge on any atom is 0.282 e. The van der Waals surface area contributed by atoms with Gasteiger partial charge in [-0.15, -0.1) is 0 Å². The van der Waals surface area contributed by atoms with Crippen molar-refractivity contribution in [3.8, 4) is 0 Å². The molecule has 1 aliphatic rings. The van der Waals surface area contributed by atoms with Gasteiger partial charge in [-0.3, -0.25) is 4.79 Å². The van der Waals surface area contributed by atoms with Gasteiger partial charge in [-0.2, -0.15) is 12.8 Å². The molecular formula is C23H28FN3O3S. The number of sulfonamides is 1. The quantitative estimate of drug-likeness (QED) is 0.700. The summed E-state index contributed by atoms with van der Waals surface area (Å²) in [5.74, 6) is -1.18. The molecule has 2 aromatic rings. The molecule has 0 aromatic heterocycles. The zero-order chi connectivity index (χ0) is 22.8. The van der Waals surface area contributed by atoms with Gasteiger partial charge in [-0.05, 0) is 83.1 Å². The first-order chi connectivity index (χ1) is 14.6. The van der Waals surface area contributed by atoms with E-state index in [9.17, 15) is 17.6 Å². The van der Waals surface area contributed by atoms with Gasteiger partial charge in [0.1, 0.15) is 5.82 Å². The topological polar surface area (TPSA) is 78.8 Å². The minimum atomic E-state index is -4.06. The van der Waals surface area contributed by atoms with E-state index >= 15 is 0 Å². The Labute approximate surface area is 183 Å². The average molecular weight is 446 g/mol. The Hall–Kier alpha value is -2.58. The minimum absolute atomic E-state index is 0.0688. The van der Waals surface area contributed by atoms with Crippen molar-refractivity contribution >= 4 is 27.3 Å². The molecule has 1 heterocycles. The molecule has 6 nitrogen and oxygen atoms in total. The predicted octanol–water partition coefficient (Wildman–Crippen LogP) is 4.19. The fraction of sp³-hybridized carbons (Fsp3) is 0.391. The second-order valence-electron chi connectivity index (χ2n) is 8.15. The van der Waals surface area contributed by atoms with Crippen LogP contribution in [-0.4, -0.2) is 45.1 Å². The van der Waals surface area contributed by atoms with Gasteiger partial charge >= 0.3 is 0 Å². The van der Waals surface area contributed by atoms with E-state index in [4.69, 9.17) is 0 Å². The number of anilines is 1. The molecule has 0 aliphatic carbocycles. The molecule has 1 amide bonds. The van der Waals surface area contributed by atoms with Gasteiger partial charge in [-0.25, -0.2) is 4.39 Å². The van der Waals surface area contributed by atoms with E-state index in [-0.39, 0.29) is 16.5 Å². The summed E-state index contributed by atoms with van der Waals surface area (Å²) in [6.45, 7) is 6.85. The van der Waals surface area contributed by atoms with Gasteiger partial charge in [0.2, 0.25) is 0 Å². The second kappa shape index (κ2) is 9.28. The lowest BCUT2D eigenvalue weighted by atomic mass is 9.93. The number of carbonyl (C=O) groups is 1. The monoisotopic (exact) mass is 445 g/mol. The van der Waals surface area contributed by atoms with Crippen LogP contribution in [0.1, 0.15) is 41.3 Å². The average Bonchev–Trinajstić information content (AvgIpc) is 2.70. The van der Waals surface area contributed by atoms with Crippen LogP contribution in [0.4, 0.5) is 10.1 Å². The molecule has 8 heteroatoms. The lowest BCUT2D eigenvalue weighted by Gasteiger charge is -2.28. The summed E-state index contributed by atoms with van der Waals surface area (Å²) in [5.41, 5.74) is 1.98. The van der Waals surface area contributed by atoms with Crippen molar-refractivity contribution in [1.82, 2.24) is 4.90 Å². The van der Waals surface area contributed by atoms with E-state index in [0.29, 0.717) is 16.8 Å². The number of likely N-dealkylation sites (tertiary alicyclic amines) is 1. The smallest absolute Gasteiger partial charge is 0.282 e. The summed E-state index contributed by atoms with van der Waals surface area (Å²) < 4.78 is 44.5. The Morgan fingerprint density at radius 2 is 1.77 bits per heavy atom. The van der Waals surface area contributed by atoms with Crippen LogP contribution < -0.4 is 5.32 Å². The first kappa shape index (κ1) is 23.1. The van der Waals surface area contributed by atoms with Gasteiger partial charge in [0.25, 0.3) is 15.9 Å². The fourth-order valence-electron chi connectivity index (χ4n) is 3.79. The Morgan fingerprint density at radius 3 is 2.42 bits per heavy atom. The van der Waals surface area contributed by atoms with E-state index < -0.39 is 21.7 Å². The maximum atomic E-state index is 14.7. The normalized spacial score (nSPS) is 16.4. The van der Waals surface area contributed by atoms with E-state index in [2.05, 4.69) is 14.6 Å². The van der Waals surface area contributed by atoms with Crippen molar-refractivity contribution in [2.45, 2.75) is 38.5 Å². The number of hydrogen-bond acceptors (Lipinski definition) is 4. The van der Waals surface area contributed by atoms with Gasteiger partial charge < -0.3 is 10.2 Å². The van der Waals surface area contributed by atoms with Gasteiger partial charge in [0, 0.05) is 17.2 Å². The summed E-state index contributed by atoms with van der Waals surface area (Å²) in [4.78, 5) is 14.5. The van der Waals surface area contributed by atoms with Crippen molar-refractivity contribution in [3.05, 3.63) is 58.9 Å². The van der Waals surface area contributed by atoms with E-state index in [1.54, 1.807) is 39.0 Å². The maximum absolute atomic E-state index is 14.7. The molecule has 2 aromatic carbocycles. The fourth-order valence-corrected chi connectivity index (χ4v) is 5.14. The molecule has 166 valence electrons. The van der Waals surface area contributed by atoms with Crippen molar-refractivity contribution in [2.75, 3.05) is 25.5 Å². The van der Waals surface area contributed by atoms with Gasteiger partial charge in [-0.1, -0.05) is 18.2 Å². The number of nitrogens with one attached hydrogen (secondary N) is 1. The number of rotatable bonds is 5. The van der Waals surface area contributed by atoms with Crippen LogP contribution in [0.2, 0.25) is 0 Å². The standard InChI is InChI=1S/C23H28FN3O3S/c1-15-7-5-6-8-19(15)23(28)25-21-13-16(2)22(14-20(21)24)31(29,30)26-17(3)18-9-11-27(4)12-10-18/h5-8,13-14,18H,9-12H2,1-4H3,(H,25,28)/b26-17-. The van der Waals surface area contributed by atoms with Gasteiger partial charge in [0.05, 0.1) is 10.6 Å². The lowest BCUT2D eigenvalue weighted by Crippen LogP contribution is -2.33. The third kappa shape index (κ3) is 5.37. The van der Waals surface area contributed by atoms with Crippen LogP contribution in [0.3, 0.4) is 0 Å². The van der Waals surface area contributed by atoms with Crippen molar-refractivity contribution in [2.24, 2.45) is 10.3 Å². The highest BCUT2D eigenvalue weighted by Crippen LogP contribution is 2.27. The Kier molecular flexibility index (Phi) is 6.91. The third-order valence-corrected chi connectivity index (χ3v) is 7.28. The number of nitrogens with zero attached hydrogens (tertiary/aromatic N) is 2. The number of amides is 1. The molecule has 0 bridgehead atoms. The van der Waals surface area contributed by atoms with Crippen molar-refractivity contribution < 1.29 is 17.6 Å². The number of hydrogen-bond donors (Lipinski definition) is 1. The summed E-state index contributed by atoms with van der Waals surface area (Å²) in [5, 5.41) is 2.53. The molecule has 1 aliphatic heterocycles. The molecule has 0 spiro atoms. The number of piperidine rings is 1. The van der Waals surface area contributed by atoms with Crippen molar-refractivity contribution in [3.63, 3.8) is 0 Å². The number of benzene rings is 2. The zero-order valence-electron chi connectivity index (χ0n) is 18.3. The number of aryl methyl sites for hydroxylation is 2. The second-order valence-corrected chi connectivity index (χ2v) is 9.72. The molecule has 0 radical (unpaired) electrons. The highest BCUT2D eigenvalue weighted by Gasteiger charge is 2.24. The van der Waals surface area contributed by atoms with Crippen LogP contribution in [0.25, 0.3) is 0 Å². The predicted molar refractivity (Wildman–Crippen MR) is 121 cm³/mol. The number of carbonyl (C=O) groups excluding carboxylic acids is 1. The molecule has 0 saturated carbocycles. The van der Waals surface area contributed by atoms with Crippen LogP contribution >= 0.6 is 0 Å². The first-order valence-electron chi connectivity index (χ1n) is 10.3. The molecule has 0 atom stereocenters. The highest BCUT2D eigenvalue weighted by atomic mass is 32.2. The molecule has 1 saturated heterocycles. The van der Waals surface area contributed by atoms with Crippen LogP contribution in [-0.2, 0) is 10.0 Å². The number of halogens is 1. The van der Waals surface area contributed by atoms with Gasteiger partial charge in [0.15, 0.2) is 0 Å². The highest BCUT2D eigenvalue weighted by molar-refractivity contribution is 7.90. The van der Waals surface area contributed by atoms with Crippen LogP contribution in [0, 0.1) is 25.6 Å². The Bertz CT molecular complexity index is 1120. The van der Waals surface area contributed by atoms with Crippen LogP contribution in [0.15, 0.2) is 45.7 Å². The Morgan fingerprint density at radius 1 is 1.13 bits per heavy atom. The van der Waals surface area contributed by atoms with E-state index in [1.165, 1.54) is 6.07 Å². The summed E-state index contributed by atoms with van der Waals surface area (Å²) in [7, 11) is -2.03. The molecule has 3 rings (SSSR count).